The zero-order valence-electron chi connectivity index (χ0n) is 14.4. The quantitative estimate of drug-likeness (QED) is 0.505. The van der Waals surface area contributed by atoms with Gasteiger partial charge in [0.25, 0.3) is 5.91 Å². The number of benzene rings is 1. The number of hydrogen-bond acceptors (Lipinski definition) is 5. The fourth-order valence-corrected chi connectivity index (χ4v) is 3.59. The third-order valence-electron chi connectivity index (χ3n) is 4.25. The van der Waals surface area contributed by atoms with Crippen LogP contribution in [0.2, 0.25) is 0 Å². The van der Waals surface area contributed by atoms with Crippen LogP contribution in [0.1, 0.15) is 54.4 Å². The molecule has 1 aromatic heterocycles. The van der Waals surface area contributed by atoms with Gasteiger partial charge in [0, 0.05) is 24.1 Å². The van der Waals surface area contributed by atoms with Crippen LogP contribution >= 0.6 is 11.8 Å². The summed E-state index contributed by atoms with van der Waals surface area (Å²) in [6.45, 7) is 0. The first kappa shape index (κ1) is 17.7. The van der Waals surface area contributed by atoms with Gasteiger partial charge in [-0.3, -0.25) is 4.79 Å². The van der Waals surface area contributed by atoms with E-state index < -0.39 is 0 Å². The Morgan fingerprint density at radius 1 is 1.20 bits per heavy atom. The molecule has 132 valence electrons. The molecule has 0 radical (unpaired) electrons. The van der Waals surface area contributed by atoms with Crippen LogP contribution in [0.15, 0.2) is 40.9 Å². The molecule has 6 nitrogen and oxygen atoms in total. The third-order valence-corrected chi connectivity index (χ3v) is 5.36. The highest BCUT2D eigenvalue weighted by Crippen LogP contribution is 2.20. The molecule has 1 heterocycles. The van der Waals surface area contributed by atoms with Crippen molar-refractivity contribution in [3.05, 3.63) is 41.7 Å². The average molecular weight is 357 g/mol. The lowest BCUT2D eigenvalue weighted by Gasteiger charge is -2.05. The van der Waals surface area contributed by atoms with Crippen molar-refractivity contribution in [2.75, 3.05) is 0 Å². The molecule has 1 fully saturated rings. The molecule has 1 aliphatic carbocycles. The van der Waals surface area contributed by atoms with Crippen molar-refractivity contribution < 1.29 is 4.79 Å². The Morgan fingerprint density at radius 2 is 1.92 bits per heavy atom. The van der Waals surface area contributed by atoms with Crippen LogP contribution < -0.4 is 5.43 Å². The van der Waals surface area contributed by atoms with Crippen molar-refractivity contribution in [3.8, 4) is 0 Å². The number of aromatic nitrogens is 3. The van der Waals surface area contributed by atoms with E-state index in [4.69, 9.17) is 0 Å². The summed E-state index contributed by atoms with van der Waals surface area (Å²) in [6.07, 6.45) is 8.56. The molecule has 1 N–H and O–H groups in total. The van der Waals surface area contributed by atoms with E-state index in [1.54, 1.807) is 18.1 Å². The summed E-state index contributed by atoms with van der Waals surface area (Å²) < 4.78 is 1.89. The highest BCUT2D eigenvalue weighted by molar-refractivity contribution is 7.98. The van der Waals surface area contributed by atoms with Crippen molar-refractivity contribution >= 4 is 23.4 Å². The van der Waals surface area contributed by atoms with E-state index in [0.29, 0.717) is 5.56 Å². The summed E-state index contributed by atoms with van der Waals surface area (Å²) in [4.78, 5) is 12.2. The van der Waals surface area contributed by atoms with Gasteiger partial charge in [0.2, 0.25) is 0 Å². The predicted octanol–water partition coefficient (Wildman–Crippen LogP) is 3.55. The van der Waals surface area contributed by atoms with Gasteiger partial charge in [0.1, 0.15) is 6.33 Å². The van der Waals surface area contributed by atoms with Gasteiger partial charge in [0.15, 0.2) is 5.16 Å². The van der Waals surface area contributed by atoms with Gasteiger partial charge in [-0.05, 0) is 43.4 Å². The first-order valence-corrected chi connectivity index (χ1v) is 9.62. The van der Waals surface area contributed by atoms with E-state index in [-0.39, 0.29) is 5.91 Å². The lowest BCUT2D eigenvalue weighted by Crippen LogP contribution is -2.19. The fraction of sp³-hybridized carbons (Fsp3) is 0.444. The number of nitrogens with zero attached hydrogens (tertiary/aromatic N) is 4. The van der Waals surface area contributed by atoms with Gasteiger partial charge < -0.3 is 4.57 Å². The number of hydrazone groups is 1. The van der Waals surface area contributed by atoms with E-state index >= 15 is 0 Å². The second-order valence-electron chi connectivity index (χ2n) is 6.24. The maximum absolute atomic E-state index is 12.2. The van der Waals surface area contributed by atoms with Crippen LogP contribution in [0.4, 0.5) is 0 Å². The minimum Gasteiger partial charge on any atom is -0.312 e. The Labute approximate surface area is 152 Å². The zero-order valence-corrected chi connectivity index (χ0v) is 15.3. The molecule has 1 aliphatic rings. The molecule has 1 saturated carbocycles. The Balaban J connectivity index is 1.53. The maximum atomic E-state index is 12.2. The summed E-state index contributed by atoms with van der Waals surface area (Å²) in [5.41, 5.74) is 5.58. The van der Waals surface area contributed by atoms with Gasteiger partial charge in [-0.2, -0.15) is 5.10 Å². The van der Waals surface area contributed by atoms with Crippen molar-refractivity contribution in [2.45, 2.75) is 49.4 Å². The maximum Gasteiger partial charge on any atom is 0.271 e. The van der Waals surface area contributed by atoms with E-state index in [2.05, 4.69) is 20.7 Å². The molecule has 0 bridgehead atoms. The van der Waals surface area contributed by atoms with Crippen LogP contribution in [0.25, 0.3) is 0 Å². The number of aryl methyl sites for hydroxylation is 1. The number of nitrogens with one attached hydrogen (secondary N) is 1. The molecule has 3 rings (SSSR count). The summed E-state index contributed by atoms with van der Waals surface area (Å²) in [5, 5.41) is 13.1. The second kappa shape index (κ2) is 8.80. The molecule has 0 saturated heterocycles. The molecule has 0 aliphatic heterocycles. The summed E-state index contributed by atoms with van der Waals surface area (Å²) in [7, 11) is 1.92. The van der Waals surface area contributed by atoms with Crippen LogP contribution in [0.3, 0.4) is 0 Å². The molecular formula is C18H23N5OS. The van der Waals surface area contributed by atoms with Crippen molar-refractivity contribution in [1.29, 1.82) is 0 Å². The summed E-state index contributed by atoms with van der Waals surface area (Å²) in [6, 6.07) is 7.62. The number of rotatable bonds is 5. The molecule has 0 unspecified atom stereocenters. The molecule has 0 atom stereocenters. The first-order valence-electron chi connectivity index (χ1n) is 8.64. The highest BCUT2D eigenvalue weighted by atomic mass is 32.2. The second-order valence-corrected chi connectivity index (χ2v) is 7.19. The monoisotopic (exact) mass is 357 g/mol. The first-order chi connectivity index (χ1) is 12.2. The molecule has 2 aromatic rings. The molecule has 25 heavy (non-hydrogen) atoms. The van der Waals surface area contributed by atoms with Gasteiger partial charge >= 0.3 is 0 Å². The molecule has 1 amide bonds. The number of carbonyl (C=O) groups excluding carboxylic acids is 1. The van der Waals surface area contributed by atoms with Gasteiger partial charge in [-0.15, -0.1) is 10.2 Å². The molecular weight excluding hydrogens is 334 g/mol. The van der Waals surface area contributed by atoms with Gasteiger partial charge in [-0.25, -0.2) is 5.43 Å². The summed E-state index contributed by atoms with van der Waals surface area (Å²) >= 11 is 1.62. The van der Waals surface area contributed by atoms with E-state index in [9.17, 15) is 4.79 Å². The predicted molar refractivity (Wildman–Crippen MR) is 99.6 cm³/mol. The number of amides is 1. The SMILES string of the molecule is Cn1cnnc1SCc1ccc(C(=O)NN=C2CCCCCC2)cc1. The highest BCUT2D eigenvalue weighted by Gasteiger charge is 2.09. The molecule has 0 spiro atoms. The smallest absolute Gasteiger partial charge is 0.271 e. The Bertz CT molecular complexity index is 728. The number of hydrogen-bond donors (Lipinski definition) is 1. The zero-order chi connectivity index (χ0) is 17.5. The van der Waals surface area contributed by atoms with Crippen LogP contribution in [-0.2, 0) is 12.8 Å². The largest absolute Gasteiger partial charge is 0.312 e. The summed E-state index contributed by atoms with van der Waals surface area (Å²) in [5.74, 6) is 0.640. The normalized spacial score (nSPS) is 14.8. The van der Waals surface area contributed by atoms with E-state index in [1.807, 2.05) is 35.9 Å². The van der Waals surface area contributed by atoms with Crippen molar-refractivity contribution in [2.24, 2.45) is 12.1 Å². The van der Waals surface area contributed by atoms with Crippen LogP contribution in [0, 0.1) is 0 Å². The average Bonchev–Trinajstić information content (AvgIpc) is 2.88. The number of thioether (sulfide) groups is 1. The molecule has 7 heteroatoms. The Hall–Kier alpha value is -2.15. The Morgan fingerprint density at radius 3 is 2.56 bits per heavy atom. The van der Waals surface area contributed by atoms with Crippen molar-refractivity contribution in [3.63, 3.8) is 0 Å². The van der Waals surface area contributed by atoms with Crippen LogP contribution in [-0.4, -0.2) is 26.4 Å². The van der Waals surface area contributed by atoms with Crippen molar-refractivity contribution in [1.82, 2.24) is 20.2 Å². The third kappa shape index (κ3) is 5.16. The Kier molecular flexibility index (Phi) is 6.22. The number of carbonyl (C=O) groups is 1. The molecule has 1 aromatic carbocycles. The standard InChI is InChI=1S/C18H23N5OS/c1-23-13-19-22-18(23)25-12-14-8-10-15(11-9-14)17(24)21-20-16-6-4-2-3-5-7-16/h8-11,13H,2-7,12H2,1H3,(H,21,24). The minimum absolute atomic E-state index is 0.149. The lowest BCUT2D eigenvalue weighted by atomic mass is 10.1. The van der Waals surface area contributed by atoms with Crippen LogP contribution in [0.5, 0.6) is 0 Å². The minimum atomic E-state index is -0.149. The van der Waals surface area contributed by atoms with E-state index in [0.717, 1.165) is 35.0 Å². The lowest BCUT2D eigenvalue weighted by molar-refractivity contribution is 0.0954. The van der Waals surface area contributed by atoms with Gasteiger partial charge in [0.05, 0.1) is 0 Å². The topological polar surface area (TPSA) is 72.2 Å². The van der Waals surface area contributed by atoms with Gasteiger partial charge in [-0.1, -0.05) is 36.7 Å². The van der Waals surface area contributed by atoms with E-state index in [1.165, 1.54) is 25.7 Å². The fourth-order valence-electron chi connectivity index (χ4n) is 2.75.